The molecule has 0 saturated carbocycles. The molecule has 3 rings (SSSR count). The summed E-state index contributed by atoms with van der Waals surface area (Å²) in [5, 5.41) is 6.02. The van der Waals surface area contributed by atoms with Gasteiger partial charge in [-0.2, -0.15) is 0 Å². The summed E-state index contributed by atoms with van der Waals surface area (Å²) in [5.41, 5.74) is 2.71. The van der Waals surface area contributed by atoms with Gasteiger partial charge in [0, 0.05) is 49.8 Å². The van der Waals surface area contributed by atoms with Gasteiger partial charge in [-0.05, 0) is 43.5 Å². The number of ether oxygens (including phenoxy) is 1. The molecule has 0 unspecified atom stereocenters. The molecule has 7 heteroatoms. The maximum atomic E-state index is 12.9. The van der Waals surface area contributed by atoms with E-state index < -0.39 is 0 Å². The van der Waals surface area contributed by atoms with E-state index in [9.17, 15) is 9.59 Å². The van der Waals surface area contributed by atoms with E-state index in [1.165, 1.54) is 6.92 Å². The van der Waals surface area contributed by atoms with Crippen molar-refractivity contribution in [3.8, 4) is 5.75 Å². The number of nitrogens with one attached hydrogen (secondary N) is 1. The van der Waals surface area contributed by atoms with Crippen LogP contribution < -0.4 is 10.1 Å². The van der Waals surface area contributed by atoms with Crippen LogP contribution in [0.3, 0.4) is 0 Å². The van der Waals surface area contributed by atoms with Crippen LogP contribution in [0.15, 0.2) is 23.6 Å². The first-order chi connectivity index (χ1) is 13.5. The van der Waals surface area contributed by atoms with Crippen molar-refractivity contribution < 1.29 is 14.3 Å². The number of carbonyl (C=O) groups is 2. The maximum Gasteiger partial charge on any atom is 0.254 e. The van der Waals surface area contributed by atoms with Crippen LogP contribution >= 0.6 is 11.3 Å². The van der Waals surface area contributed by atoms with Crippen LogP contribution in [-0.2, 0) is 11.2 Å². The third kappa shape index (κ3) is 4.90. The van der Waals surface area contributed by atoms with Crippen molar-refractivity contribution in [3.63, 3.8) is 0 Å². The highest BCUT2D eigenvalue weighted by molar-refractivity contribution is 7.09. The Hall–Kier alpha value is -2.41. The SMILES string of the molecule is COc1ccc(C(=O)N2CCC(c3nc(CCNC(C)=O)cs3)CC2)c(C)c1. The van der Waals surface area contributed by atoms with Crippen LogP contribution in [0.2, 0.25) is 0 Å². The molecule has 1 fully saturated rings. The topological polar surface area (TPSA) is 71.5 Å². The first-order valence-corrected chi connectivity index (χ1v) is 10.5. The third-order valence-corrected chi connectivity index (χ3v) is 6.18. The number of thiazole rings is 1. The van der Waals surface area contributed by atoms with Gasteiger partial charge in [-0.25, -0.2) is 4.98 Å². The third-order valence-electron chi connectivity index (χ3n) is 5.12. The van der Waals surface area contributed by atoms with E-state index in [1.807, 2.05) is 30.0 Å². The normalized spacial score (nSPS) is 14.8. The fourth-order valence-electron chi connectivity index (χ4n) is 3.49. The number of hydrogen-bond acceptors (Lipinski definition) is 5. The van der Waals surface area contributed by atoms with Gasteiger partial charge in [0.1, 0.15) is 5.75 Å². The number of methoxy groups -OCH3 is 1. The molecule has 1 saturated heterocycles. The van der Waals surface area contributed by atoms with Gasteiger partial charge in [0.2, 0.25) is 5.91 Å². The molecular weight excluding hydrogens is 374 g/mol. The molecule has 1 aromatic heterocycles. The van der Waals surface area contributed by atoms with E-state index >= 15 is 0 Å². The van der Waals surface area contributed by atoms with Gasteiger partial charge < -0.3 is 15.0 Å². The summed E-state index contributed by atoms with van der Waals surface area (Å²) < 4.78 is 5.23. The summed E-state index contributed by atoms with van der Waals surface area (Å²) in [7, 11) is 1.63. The zero-order valence-corrected chi connectivity index (χ0v) is 17.5. The predicted octanol–water partition coefficient (Wildman–Crippen LogP) is 3.16. The number of aryl methyl sites for hydroxylation is 1. The highest BCUT2D eigenvalue weighted by Gasteiger charge is 2.27. The van der Waals surface area contributed by atoms with Crippen molar-refractivity contribution in [2.24, 2.45) is 0 Å². The summed E-state index contributed by atoms with van der Waals surface area (Å²) in [6.45, 7) is 5.58. The molecule has 0 atom stereocenters. The Balaban J connectivity index is 1.55. The number of hydrogen-bond donors (Lipinski definition) is 1. The Morgan fingerprint density at radius 3 is 2.71 bits per heavy atom. The lowest BCUT2D eigenvalue weighted by Gasteiger charge is -2.31. The second-order valence-corrected chi connectivity index (χ2v) is 8.05. The van der Waals surface area contributed by atoms with E-state index in [0.29, 0.717) is 12.5 Å². The van der Waals surface area contributed by atoms with E-state index in [-0.39, 0.29) is 11.8 Å². The minimum atomic E-state index is -0.0143. The molecule has 2 amide bonds. The van der Waals surface area contributed by atoms with Gasteiger partial charge in [0.25, 0.3) is 5.91 Å². The van der Waals surface area contributed by atoms with E-state index in [4.69, 9.17) is 9.72 Å². The molecule has 1 N–H and O–H groups in total. The lowest BCUT2D eigenvalue weighted by molar-refractivity contribution is -0.118. The summed E-state index contributed by atoms with van der Waals surface area (Å²) >= 11 is 1.69. The molecule has 6 nitrogen and oxygen atoms in total. The lowest BCUT2D eigenvalue weighted by Crippen LogP contribution is -2.38. The summed E-state index contributed by atoms with van der Waals surface area (Å²) in [6, 6.07) is 5.59. The Bertz CT molecular complexity index is 841. The van der Waals surface area contributed by atoms with Gasteiger partial charge in [0.15, 0.2) is 0 Å². The fraction of sp³-hybridized carbons (Fsp3) is 0.476. The Morgan fingerprint density at radius 2 is 2.07 bits per heavy atom. The molecular formula is C21H27N3O3S. The van der Waals surface area contributed by atoms with Gasteiger partial charge in [-0.1, -0.05) is 0 Å². The molecule has 2 heterocycles. The van der Waals surface area contributed by atoms with Gasteiger partial charge >= 0.3 is 0 Å². The average molecular weight is 402 g/mol. The molecule has 0 bridgehead atoms. The van der Waals surface area contributed by atoms with Crippen LogP contribution in [0.1, 0.15) is 52.3 Å². The highest BCUT2D eigenvalue weighted by Crippen LogP contribution is 2.31. The summed E-state index contributed by atoms with van der Waals surface area (Å²) in [4.78, 5) is 30.5. The fourth-order valence-corrected chi connectivity index (χ4v) is 4.52. The number of likely N-dealkylation sites (tertiary alicyclic amines) is 1. The van der Waals surface area contributed by atoms with Crippen LogP contribution in [-0.4, -0.2) is 48.4 Å². The standard InChI is InChI=1S/C21H27N3O3S/c1-14-12-18(27-3)4-5-19(14)21(26)24-10-7-16(8-11-24)20-23-17(13-28-20)6-9-22-15(2)25/h4-5,12-13,16H,6-11H2,1-3H3,(H,22,25). The lowest BCUT2D eigenvalue weighted by atomic mass is 9.96. The zero-order valence-electron chi connectivity index (χ0n) is 16.7. The number of aromatic nitrogens is 1. The van der Waals surface area contributed by atoms with Gasteiger partial charge in [-0.15, -0.1) is 11.3 Å². The number of amides is 2. The number of nitrogens with zero attached hydrogens (tertiary/aromatic N) is 2. The number of piperidine rings is 1. The first-order valence-electron chi connectivity index (χ1n) is 9.60. The quantitative estimate of drug-likeness (QED) is 0.807. The molecule has 150 valence electrons. The zero-order chi connectivity index (χ0) is 20.1. The van der Waals surface area contributed by atoms with Crippen LogP contribution in [0, 0.1) is 6.92 Å². The molecule has 1 aliphatic rings. The largest absolute Gasteiger partial charge is 0.497 e. The van der Waals surface area contributed by atoms with Gasteiger partial charge in [-0.3, -0.25) is 9.59 Å². The Labute approximate surface area is 169 Å². The van der Waals surface area contributed by atoms with Crippen LogP contribution in [0.25, 0.3) is 0 Å². The van der Waals surface area contributed by atoms with Crippen LogP contribution in [0.5, 0.6) is 5.75 Å². The van der Waals surface area contributed by atoms with Crippen molar-refractivity contribution in [2.45, 2.75) is 39.0 Å². The minimum absolute atomic E-state index is 0.0143. The van der Waals surface area contributed by atoms with E-state index in [0.717, 1.165) is 59.9 Å². The van der Waals surface area contributed by atoms with Crippen molar-refractivity contribution in [1.29, 1.82) is 0 Å². The van der Waals surface area contributed by atoms with E-state index in [1.54, 1.807) is 18.4 Å². The first kappa shape index (κ1) is 20.3. The average Bonchev–Trinajstić information content (AvgIpc) is 3.16. The smallest absolute Gasteiger partial charge is 0.254 e. The molecule has 0 radical (unpaired) electrons. The molecule has 28 heavy (non-hydrogen) atoms. The Morgan fingerprint density at radius 1 is 1.32 bits per heavy atom. The van der Waals surface area contributed by atoms with E-state index in [2.05, 4.69) is 10.7 Å². The number of benzene rings is 1. The number of carbonyl (C=O) groups excluding carboxylic acids is 2. The van der Waals surface area contributed by atoms with Crippen molar-refractivity contribution in [2.75, 3.05) is 26.7 Å². The monoisotopic (exact) mass is 401 g/mol. The molecule has 2 aromatic rings. The molecule has 0 spiro atoms. The van der Waals surface area contributed by atoms with Crippen molar-refractivity contribution in [3.05, 3.63) is 45.4 Å². The van der Waals surface area contributed by atoms with Crippen molar-refractivity contribution in [1.82, 2.24) is 15.2 Å². The number of rotatable bonds is 6. The van der Waals surface area contributed by atoms with Gasteiger partial charge in [0.05, 0.1) is 17.8 Å². The summed E-state index contributed by atoms with van der Waals surface area (Å²) in [6.07, 6.45) is 2.61. The van der Waals surface area contributed by atoms with Crippen LogP contribution in [0.4, 0.5) is 0 Å². The van der Waals surface area contributed by atoms with Crippen molar-refractivity contribution >= 4 is 23.2 Å². The molecule has 1 aromatic carbocycles. The highest BCUT2D eigenvalue weighted by atomic mass is 32.1. The Kier molecular flexibility index (Phi) is 6.67. The summed E-state index contributed by atoms with van der Waals surface area (Å²) in [5.74, 6) is 1.25. The minimum Gasteiger partial charge on any atom is -0.497 e. The molecule has 1 aliphatic heterocycles. The predicted molar refractivity (Wildman–Crippen MR) is 110 cm³/mol. The molecule has 0 aliphatic carbocycles. The maximum absolute atomic E-state index is 12.9. The second kappa shape index (κ2) is 9.19. The second-order valence-electron chi connectivity index (χ2n) is 7.16.